The Morgan fingerprint density at radius 2 is 1.83 bits per heavy atom. The summed E-state index contributed by atoms with van der Waals surface area (Å²) in [7, 11) is 4.12. The Kier molecular flexibility index (Phi) is 6.30. The van der Waals surface area contributed by atoms with Crippen LogP contribution in [0.4, 0.5) is 10.2 Å². The van der Waals surface area contributed by atoms with E-state index < -0.39 is 0 Å². The van der Waals surface area contributed by atoms with Gasteiger partial charge in [0.25, 0.3) is 0 Å². The number of rotatable bonds is 7. The standard InChI is InChI=1S/C23H27FN6/c1-29(2)14-12-26-23-20-16-30(15-17-3-5-19(24)6-4-17)13-9-21(20)27-22(28-23)18-7-10-25-11-8-18/h3-8,10-11H,9,12-16H2,1-2H3,(H,26,27,28). The van der Waals surface area contributed by atoms with Crippen LogP contribution in [-0.4, -0.2) is 58.5 Å². The van der Waals surface area contributed by atoms with E-state index in [0.29, 0.717) is 0 Å². The summed E-state index contributed by atoms with van der Waals surface area (Å²) < 4.78 is 13.2. The summed E-state index contributed by atoms with van der Waals surface area (Å²) in [5.74, 6) is 1.43. The summed E-state index contributed by atoms with van der Waals surface area (Å²) in [4.78, 5) is 18.3. The first kappa shape index (κ1) is 20.4. The normalized spacial score (nSPS) is 14.0. The highest BCUT2D eigenvalue weighted by molar-refractivity contribution is 5.59. The van der Waals surface area contributed by atoms with E-state index in [1.165, 1.54) is 12.1 Å². The molecule has 0 spiro atoms. The number of likely N-dealkylation sites (N-methyl/N-ethyl adjacent to an activating group) is 1. The first-order chi connectivity index (χ1) is 14.6. The summed E-state index contributed by atoms with van der Waals surface area (Å²) >= 11 is 0. The largest absolute Gasteiger partial charge is 0.368 e. The molecule has 1 aromatic carbocycles. The van der Waals surface area contributed by atoms with Gasteiger partial charge in [0.1, 0.15) is 11.6 Å². The fourth-order valence-corrected chi connectivity index (χ4v) is 3.63. The Morgan fingerprint density at radius 3 is 2.57 bits per heavy atom. The van der Waals surface area contributed by atoms with Gasteiger partial charge < -0.3 is 10.2 Å². The zero-order chi connectivity index (χ0) is 20.9. The van der Waals surface area contributed by atoms with E-state index in [2.05, 4.69) is 34.2 Å². The van der Waals surface area contributed by atoms with Crippen molar-refractivity contribution in [2.24, 2.45) is 0 Å². The SMILES string of the molecule is CN(C)CCNc1nc(-c2ccncc2)nc2c1CN(Cc1ccc(F)cc1)CC2. The second-order valence-corrected chi connectivity index (χ2v) is 7.87. The molecule has 3 aromatic rings. The molecule has 30 heavy (non-hydrogen) atoms. The zero-order valence-corrected chi connectivity index (χ0v) is 17.5. The first-order valence-electron chi connectivity index (χ1n) is 10.2. The smallest absolute Gasteiger partial charge is 0.161 e. The van der Waals surface area contributed by atoms with Crippen LogP contribution in [-0.2, 0) is 19.5 Å². The number of aromatic nitrogens is 3. The van der Waals surface area contributed by atoms with Crippen LogP contribution in [0.25, 0.3) is 11.4 Å². The zero-order valence-electron chi connectivity index (χ0n) is 17.5. The number of anilines is 1. The van der Waals surface area contributed by atoms with E-state index in [4.69, 9.17) is 9.97 Å². The number of benzene rings is 1. The van der Waals surface area contributed by atoms with Crippen LogP contribution >= 0.6 is 0 Å². The predicted molar refractivity (Wildman–Crippen MR) is 117 cm³/mol. The van der Waals surface area contributed by atoms with Crippen molar-refractivity contribution >= 4 is 5.82 Å². The second kappa shape index (κ2) is 9.28. The van der Waals surface area contributed by atoms with Crippen LogP contribution < -0.4 is 5.32 Å². The lowest BCUT2D eigenvalue weighted by molar-refractivity contribution is 0.243. The van der Waals surface area contributed by atoms with Crippen LogP contribution in [0.15, 0.2) is 48.8 Å². The molecule has 0 fully saturated rings. The third-order valence-corrected chi connectivity index (χ3v) is 5.25. The number of halogens is 1. The molecule has 0 bridgehead atoms. The second-order valence-electron chi connectivity index (χ2n) is 7.87. The van der Waals surface area contributed by atoms with Crippen molar-refractivity contribution in [1.82, 2.24) is 24.8 Å². The van der Waals surface area contributed by atoms with Gasteiger partial charge in [0.2, 0.25) is 0 Å². The summed E-state index contributed by atoms with van der Waals surface area (Å²) in [6.45, 7) is 4.19. The Balaban J connectivity index is 1.59. The molecule has 156 valence electrons. The number of fused-ring (bicyclic) bond motifs is 1. The monoisotopic (exact) mass is 406 g/mol. The molecule has 0 saturated heterocycles. The topological polar surface area (TPSA) is 57.2 Å². The lowest BCUT2D eigenvalue weighted by atomic mass is 10.0. The molecular formula is C23H27FN6. The number of hydrogen-bond donors (Lipinski definition) is 1. The van der Waals surface area contributed by atoms with Crippen LogP contribution in [0, 0.1) is 5.82 Å². The minimum absolute atomic E-state index is 0.202. The van der Waals surface area contributed by atoms with Gasteiger partial charge in [-0.3, -0.25) is 9.88 Å². The third kappa shape index (κ3) is 4.98. The number of pyridine rings is 1. The highest BCUT2D eigenvalue weighted by Crippen LogP contribution is 2.28. The van der Waals surface area contributed by atoms with Crippen molar-refractivity contribution in [2.75, 3.05) is 39.0 Å². The molecule has 1 aliphatic rings. The van der Waals surface area contributed by atoms with Crippen molar-refractivity contribution in [2.45, 2.75) is 19.5 Å². The molecule has 0 saturated carbocycles. The van der Waals surface area contributed by atoms with Gasteiger partial charge in [-0.1, -0.05) is 12.1 Å². The van der Waals surface area contributed by atoms with E-state index in [-0.39, 0.29) is 5.82 Å². The highest BCUT2D eigenvalue weighted by atomic mass is 19.1. The molecule has 0 atom stereocenters. The molecule has 6 nitrogen and oxygen atoms in total. The quantitative estimate of drug-likeness (QED) is 0.650. The molecule has 7 heteroatoms. The van der Waals surface area contributed by atoms with E-state index in [0.717, 1.165) is 73.2 Å². The van der Waals surface area contributed by atoms with Crippen LogP contribution in [0.3, 0.4) is 0 Å². The molecule has 3 heterocycles. The van der Waals surface area contributed by atoms with Crippen molar-refractivity contribution in [3.05, 3.63) is 71.4 Å². The molecule has 0 amide bonds. The van der Waals surface area contributed by atoms with Crippen molar-refractivity contribution < 1.29 is 4.39 Å². The summed E-state index contributed by atoms with van der Waals surface area (Å²) in [6, 6.07) is 10.6. The molecule has 0 aliphatic carbocycles. The van der Waals surface area contributed by atoms with E-state index in [1.54, 1.807) is 12.4 Å². The predicted octanol–water partition coefficient (Wildman–Crippen LogP) is 3.21. The van der Waals surface area contributed by atoms with Gasteiger partial charge >= 0.3 is 0 Å². The molecule has 1 aliphatic heterocycles. The molecule has 0 radical (unpaired) electrons. The van der Waals surface area contributed by atoms with E-state index in [1.807, 2.05) is 24.3 Å². The number of nitrogens with zero attached hydrogens (tertiary/aromatic N) is 5. The summed E-state index contributed by atoms with van der Waals surface area (Å²) in [6.07, 6.45) is 4.39. The average molecular weight is 407 g/mol. The van der Waals surface area contributed by atoms with Crippen LogP contribution in [0.1, 0.15) is 16.8 Å². The Hall–Kier alpha value is -2.90. The van der Waals surface area contributed by atoms with Crippen molar-refractivity contribution in [1.29, 1.82) is 0 Å². The molecular weight excluding hydrogens is 379 g/mol. The Morgan fingerprint density at radius 1 is 1.07 bits per heavy atom. The summed E-state index contributed by atoms with van der Waals surface area (Å²) in [5, 5.41) is 3.52. The number of nitrogens with one attached hydrogen (secondary N) is 1. The maximum atomic E-state index is 13.2. The maximum absolute atomic E-state index is 13.2. The van der Waals surface area contributed by atoms with Crippen LogP contribution in [0.5, 0.6) is 0 Å². The van der Waals surface area contributed by atoms with Gasteiger partial charge in [0.15, 0.2) is 5.82 Å². The fourth-order valence-electron chi connectivity index (χ4n) is 3.63. The Labute approximate surface area is 176 Å². The minimum atomic E-state index is -0.202. The lowest BCUT2D eigenvalue weighted by Gasteiger charge is -2.30. The van der Waals surface area contributed by atoms with Gasteiger partial charge in [0.05, 0.1) is 5.69 Å². The van der Waals surface area contributed by atoms with Crippen molar-refractivity contribution in [3.8, 4) is 11.4 Å². The first-order valence-corrected chi connectivity index (χ1v) is 10.2. The molecule has 2 aromatic heterocycles. The van der Waals surface area contributed by atoms with Crippen molar-refractivity contribution in [3.63, 3.8) is 0 Å². The third-order valence-electron chi connectivity index (χ3n) is 5.25. The van der Waals surface area contributed by atoms with Gasteiger partial charge in [-0.05, 0) is 43.9 Å². The van der Waals surface area contributed by atoms with Crippen LogP contribution in [0.2, 0.25) is 0 Å². The average Bonchev–Trinajstić information content (AvgIpc) is 2.76. The van der Waals surface area contributed by atoms with E-state index >= 15 is 0 Å². The fraction of sp³-hybridized carbons (Fsp3) is 0.348. The molecule has 1 N–H and O–H groups in total. The van der Waals surface area contributed by atoms with Gasteiger partial charge in [-0.25, -0.2) is 14.4 Å². The van der Waals surface area contributed by atoms with Gasteiger partial charge in [-0.2, -0.15) is 0 Å². The van der Waals surface area contributed by atoms with E-state index in [9.17, 15) is 4.39 Å². The molecule has 0 unspecified atom stereocenters. The van der Waals surface area contributed by atoms with Gasteiger partial charge in [0, 0.05) is 62.7 Å². The minimum Gasteiger partial charge on any atom is -0.368 e. The summed E-state index contributed by atoms with van der Waals surface area (Å²) in [5.41, 5.74) is 4.33. The Bertz CT molecular complexity index is 975. The maximum Gasteiger partial charge on any atom is 0.161 e. The number of hydrogen-bond acceptors (Lipinski definition) is 6. The molecule has 4 rings (SSSR count). The highest BCUT2D eigenvalue weighted by Gasteiger charge is 2.23. The van der Waals surface area contributed by atoms with Gasteiger partial charge in [-0.15, -0.1) is 0 Å². The lowest BCUT2D eigenvalue weighted by Crippen LogP contribution is -2.32.